The van der Waals surface area contributed by atoms with Crippen LogP contribution in [0.5, 0.6) is 0 Å². The lowest BCUT2D eigenvalue weighted by atomic mass is 10.0. The third-order valence-corrected chi connectivity index (χ3v) is 5.88. The summed E-state index contributed by atoms with van der Waals surface area (Å²) in [6.45, 7) is 1.47. The average Bonchev–Trinajstić information content (AvgIpc) is 3.40. The topological polar surface area (TPSA) is 88.4 Å². The molecule has 0 saturated carbocycles. The normalized spacial score (nSPS) is 10.8. The highest BCUT2D eigenvalue weighted by molar-refractivity contribution is 7.15. The predicted octanol–water partition coefficient (Wildman–Crippen LogP) is 5.34. The summed E-state index contributed by atoms with van der Waals surface area (Å²) in [6.07, 6.45) is 0. The Bertz CT molecular complexity index is 1440. The lowest BCUT2D eigenvalue weighted by molar-refractivity contribution is -0.114. The average molecular weight is 454 g/mol. The van der Waals surface area contributed by atoms with Crippen LogP contribution in [-0.4, -0.2) is 26.4 Å². The number of fused-ring (bicyclic) bond motifs is 1. The number of carbonyl (C=O) groups excluding carboxylic acids is 2. The van der Waals surface area contributed by atoms with Gasteiger partial charge in [-0.3, -0.25) is 14.9 Å². The van der Waals surface area contributed by atoms with Gasteiger partial charge < -0.3 is 5.32 Å². The number of thiazole rings is 1. The molecule has 2 aromatic heterocycles. The van der Waals surface area contributed by atoms with Gasteiger partial charge in [0, 0.05) is 29.1 Å². The van der Waals surface area contributed by atoms with Crippen LogP contribution in [0.3, 0.4) is 0 Å². The van der Waals surface area contributed by atoms with Crippen LogP contribution < -0.4 is 10.6 Å². The Morgan fingerprint density at radius 2 is 1.48 bits per heavy atom. The molecule has 0 aliphatic heterocycles. The Morgan fingerprint density at radius 3 is 2.18 bits per heavy atom. The van der Waals surface area contributed by atoms with Gasteiger partial charge in [0.05, 0.1) is 5.69 Å². The summed E-state index contributed by atoms with van der Waals surface area (Å²) in [6, 6.07) is 24.9. The molecule has 5 rings (SSSR count). The van der Waals surface area contributed by atoms with Crippen molar-refractivity contribution >= 4 is 39.7 Å². The molecule has 0 radical (unpaired) electrons. The van der Waals surface area contributed by atoms with E-state index >= 15 is 0 Å². The molecule has 0 spiro atoms. The van der Waals surface area contributed by atoms with Crippen molar-refractivity contribution in [2.75, 3.05) is 10.6 Å². The molecule has 0 fully saturated rings. The molecule has 2 N–H and O–H groups in total. The van der Waals surface area contributed by atoms with Crippen LogP contribution in [0.25, 0.3) is 27.3 Å². The number of carbonyl (C=O) groups is 2. The van der Waals surface area contributed by atoms with E-state index < -0.39 is 0 Å². The summed E-state index contributed by atoms with van der Waals surface area (Å²) in [5.41, 5.74) is 5.17. The highest BCUT2D eigenvalue weighted by Gasteiger charge is 2.14. The lowest BCUT2D eigenvalue weighted by Crippen LogP contribution is -2.13. The molecule has 7 nitrogen and oxygen atoms in total. The van der Waals surface area contributed by atoms with Gasteiger partial charge in [0.15, 0.2) is 0 Å². The van der Waals surface area contributed by atoms with Gasteiger partial charge in [0.2, 0.25) is 10.9 Å². The third-order valence-electron chi connectivity index (χ3n) is 5.06. The van der Waals surface area contributed by atoms with E-state index in [-0.39, 0.29) is 17.8 Å². The maximum Gasteiger partial charge on any atom is 0.258 e. The number of aromatic nitrogens is 3. The van der Waals surface area contributed by atoms with Gasteiger partial charge in [-0.15, -0.1) is 16.4 Å². The van der Waals surface area contributed by atoms with E-state index in [2.05, 4.69) is 20.7 Å². The summed E-state index contributed by atoms with van der Waals surface area (Å²) >= 11 is 1.44. The van der Waals surface area contributed by atoms with Crippen LogP contribution in [0.2, 0.25) is 0 Å². The van der Waals surface area contributed by atoms with Crippen molar-refractivity contribution in [1.82, 2.24) is 14.6 Å². The Morgan fingerprint density at radius 1 is 0.818 bits per heavy atom. The minimum Gasteiger partial charge on any atom is -0.326 e. The summed E-state index contributed by atoms with van der Waals surface area (Å²) < 4.78 is 1.70. The summed E-state index contributed by atoms with van der Waals surface area (Å²) in [7, 11) is 0. The Hall–Kier alpha value is -4.30. The fourth-order valence-corrected chi connectivity index (χ4v) is 4.31. The maximum atomic E-state index is 12.7. The zero-order valence-corrected chi connectivity index (χ0v) is 18.5. The standard InChI is InChI=1S/C25H19N5O2S/c1-16(31)26-21-13-11-19(12-14-21)22-15-33-25-28-24(29-30(22)25)27-23(32)20-9-7-18(8-10-20)17-5-3-2-4-6-17/h2-15H,1H3,(H,26,31)(H,27,29,32). The summed E-state index contributed by atoms with van der Waals surface area (Å²) in [5.74, 6) is -0.142. The highest BCUT2D eigenvalue weighted by Crippen LogP contribution is 2.27. The maximum absolute atomic E-state index is 12.7. The first kappa shape index (κ1) is 20.6. The first-order chi connectivity index (χ1) is 16.1. The van der Waals surface area contributed by atoms with Crippen LogP contribution in [0.15, 0.2) is 84.2 Å². The van der Waals surface area contributed by atoms with Gasteiger partial charge in [-0.1, -0.05) is 54.6 Å². The molecule has 0 bridgehead atoms. The number of hydrogen-bond acceptors (Lipinski definition) is 5. The minimum absolute atomic E-state index is 0.118. The molecular weight excluding hydrogens is 434 g/mol. The van der Waals surface area contributed by atoms with Gasteiger partial charge in [-0.2, -0.15) is 4.98 Å². The van der Waals surface area contributed by atoms with Crippen LogP contribution in [0.1, 0.15) is 17.3 Å². The molecular formula is C25H19N5O2S. The fourth-order valence-electron chi connectivity index (χ4n) is 3.48. The van der Waals surface area contributed by atoms with E-state index in [1.54, 1.807) is 16.6 Å². The van der Waals surface area contributed by atoms with Crippen molar-refractivity contribution in [3.63, 3.8) is 0 Å². The number of nitrogens with one attached hydrogen (secondary N) is 2. The van der Waals surface area contributed by atoms with Crippen molar-refractivity contribution in [3.05, 3.63) is 89.8 Å². The van der Waals surface area contributed by atoms with Crippen LogP contribution in [0.4, 0.5) is 11.6 Å². The quantitative estimate of drug-likeness (QED) is 0.376. The number of amides is 2. The second-order valence-corrected chi connectivity index (χ2v) is 8.24. The molecule has 0 unspecified atom stereocenters. The number of hydrogen-bond donors (Lipinski definition) is 2. The van der Waals surface area contributed by atoms with E-state index in [4.69, 9.17) is 0 Å². The number of benzene rings is 3. The van der Waals surface area contributed by atoms with E-state index in [0.29, 0.717) is 10.5 Å². The number of anilines is 2. The minimum atomic E-state index is -0.269. The Labute approximate surface area is 193 Å². The molecule has 3 aromatic carbocycles. The fraction of sp³-hybridized carbons (Fsp3) is 0.0400. The molecule has 162 valence electrons. The van der Waals surface area contributed by atoms with Crippen LogP contribution >= 0.6 is 11.3 Å². The Balaban J connectivity index is 1.33. The van der Waals surface area contributed by atoms with Gasteiger partial charge in [-0.25, -0.2) is 4.52 Å². The molecule has 33 heavy (non-hydrogen) atoms. The van der Waals surface area contributed by atoms with Crippen molar-refractivity contribution in [2.24, 2.45) is 0 Å². The number of nitrogens with zero attached hydrogens (tertiary/aromatic N) is 3. The number of rotatable bonds is 5. The lowest BCUT2D eigenvalue weighted by Gasteiger charge is -2.04. The summed E-state index contributed by atoms with van der Waals surface area (Å²) in [4.78, 5) is 29.0. The van der Waals surface area contributed by atoms with Gasteiger partial charge in [0.25, 0.3) is 11.9 Å². The zero-order chi connectivity index (χ0) is 22.8. The van der Waals surface area contributed by atoms with Crippen LogP contribution in [-0.2, 0) is 4.79 Å². The second kappa shape index (κ2) is 8.68. The summed E-state index contributed by atoms with van der Waals surface area (Å²) in [5, 5.41) is 11.9. The molecule has 0 aliphatic carbocycles. The molecule has 0 aliphatic rings. The predicted molar refractivity (Wildman–Crippen MR) is 130 cm³/mol. The molecule has 2 amide bonds. The van der Waals surface area contributed by atoms with E-state index in [1.165, 1.54) is 18.3 Å². The van der Waals surface area contributed by atoms with Crippen molar-refractivity contribution in [1.29, 1.82) is 0 Å². The third kappa shape index (κ3) is 4.37. The molecule has 5 aromatic rings. The molecule has 8 heteroatoms. The van der Waals surface area contributed by atoms with Crippen molar-refractivity contribution in [3.8, 4) is 22.4 Å². The molecule has 0 saturated heterocycles. The second-order valence-electron chi connectivity index (χ2n) is 7.41. The van der Waals surface area contributed by atoms with Gasteiger partial charge in [0.1, 0.15) is 0 Å². The first-order valence-corrected chi connectivity index (χ1v) is 11.1. The van der Waals surface area contributed by atoms with Gasteiger partial charge in [-0.05, 0) is 35.4 Å². The zero-order valence-electron chi connectivity index (χ0n) is 17.6. The highest BCUT2D eigenvalue weighted by atomic mass is 32.1. The van der Waals surface area contributed by atoms with Gasteiger partial charge >= 0.3 is 0 Å². The van der Waals surface area contributed by atoms with Crippen LogP contribution in [0, 0.1) is 0 Å². The molecule has 0 atom stereocenters. The SMILES string of the molecule is CC(=O)Nc1ccc(-c2csc3nc(NC(=O)c4ccc(-c5ccccc5)cc4)nn23)cc1. The van der Waals surface area contributed by atoms with Crippen molar-refractivity contribution < 1.29 is 9.59 Å². The smallest absolute Gasteiger partial charge is 0.258 e. The largest absolute Gasteiger partial charge is 0.326 e. The van der Waals surface area contributed by atoms with E-state index in [0.717, 1.165) is 28.1 Å². The van der Waals surface area contributed by atoms with Crippen molar-refractivity contribution in [2.45, 2.75) is 6.92 Å². The van der Waals surface area contributed by atoms with E-state index in [9.17, 15) is 9.59 Å². The Kier molecular flexibility index (Phi) is 5.42. The molecule has 2 heterocycles. The van der Waals surface area contributed by atoms with E-state index in [1.807, 2.05) is 72.1 Å². The first-order valence-electron chi connectivity index (χ1n) is 10.3. The monoisotopic (exact) mass is 453 g/mol.